The summed E-state index contributed by atoms with van der Waals surface area (Å²) < 4.78 is 11.1. The maximum Gasteiger partial charge on any atom is 0.295 e. The fourth-order valence-corrected chi connectivity index (χ4v) is 4.39. The number of Topliss-reactive ketones (excluding diaryl/α,β-unsaturated/α-hetero) is 1. The lowest BCUT2D eigenvalue weighted by molar-refractivity contribution is -0.139. The Morgan fingerprint density at radius 2 is 1.68 bits per heavy atom. The second-order valence-corrected chi connectivity index (χ2v) is 8.18. The normalized spacial score (nSPS) is 18.8. The first-order valence-corrected chi connectivity index (χ1v) is 11.0. The summed E-state index contributed by atoms with van der Waals surface area (Å²) in [7, 11) is 0. The Labute approximate surface area is 196 Å². The van der Waals surface area contributed by atoms with E-state index in [1.54, 1.807) is 30.3 Å². The van der Waals surface area contributed by atoms with Crippen molar-refractivity contribution in [2.45, 2.75) is 12.5 Å². The van der Waals surface area contributed by atoms with E-state index in [2.05, 4.69) is 0 Å². The number of hydrogen-bond acceptors (Lipinski definition) is 6. The summed E-state index contributed by atoms with van der Waals surface area (Å²) in [5.74, 6) is -0.744. The van der Waals surface area contributed by atoms with Gasteiger partial charge < -0.3 is 24.6 Å². The molecule has 1 atom stereocenters. The van der Waals surface area contributed by atoms with Crippen LogP contribution in [0.25, 0.3) is 5.76 Å². The molecule has 2 N–H and O–H groups in total. The molecule has 7 nitrogen and oxygen atoms in total. The molecule has 172 valence electrons. The predicted octanol–water partition coefficient (Wildman–Crippen LogP) is 3.83. The number of rotatable bonds is 5. The number of fused-ring (bicyclic) bond motifs is 1. The minimum Gasteiger partial charge on any atom is -0.508 e. The average Bonchev–Trinajstić information content (AvgIpc) is 3.12. The maximum absolute atomic E-state index is 13.2. The van der Waals surface area contributed by atoms with Gasteiger partial charge in [-0.05, 0) is 47.9 Å². The minimum atomic E-state index is -0.844. The molecule has 7 heteroatoms. The zero-order valence-electron chi connectivity index (χ0n) is 18.3. The van der Waals surface area contributed by atoms with Gasteiger partial charge >= 0.3 is 0 Å². The monoisotopic (exact) mass is 457 g/mol. The molecule has 0 radical (unpaired) electrons. The van der Waals surface area contributed by atoms with Crippen LogP contribution in [0.5, 0.6) is 17.2 Å². The van der Waals surface area contributed by atoms with Crippen molar-refractivity contribution < 1.29 is 29.3 Å². The van der Waals surface area contributed by atoms with Crippen LogP contribution in [0, 0.1) is 0 Å². The van der Waals surface area contributed by atoms with Gasteiger partial charge in [0.15, 0.2) is 11.5 Å². The number of benzene rings is 3. The molecular formula is C27H23NO6. The van der Waals surface area contributed by atoms with Crippen LogP contribution in [-0.2, 0) is 16.0 Å². The molecule has 1 fully saturated rings. The van der Waals surface area contributed by atoms with Crippen molar-refractivity contribution in [2.75, 3.05) is 19.8 Å². The van der Waals surface area contributed by atoms with Gasteiger partial charge in [-0.3, -0.25) is 9.59 Å². The zero-order valence-corrected chi connectivity index (χ0v) is 18.3. The molecule has 1 saturated heterocycles. The van der Waals surface area contributed by atoms with E-state index in [9.17, 15) is 19.8 Å². The van der Waals surface area contributed by atoms with Crippen molar-refractivity contribution in [1.29, 1.82) is 0 Å². The van der Waals surface area contributed by atoms with Crippen molar-refractivity contribution in [1.82, 2.24) is 4.90 Å². The Morgan fingerprint density at radius 3 is 2.44 bits per heavy atom. The highest BCUT2D eigenvalue weighted by Gasteiger charge is 2.46. The highest BCUT2D eigenvalue weighted by Crippen LogP contribution is 2.41. The number of carbonyl (C=O) groups excluding carboxylic acids is 2. The summed E-state index contributed by atoms with van der Waals surface area (Å²) in [5.41, 5.74) is 1.87. The molecule has 2 aliphatic rings. The Morgan fingerprint density at radius 1 is 0.912 bits per heavy atom. The van der Waals surface area contributed by atoms with Crippen LogP contribution in [-0.4, -0.2) is 46.6 Å². The van der Waals surface area contributed by atoms with Gasteiger partial charge in [0, 0.05) is 12.1 Å². The number of aliphatic hydroxyl groups excluding tert-OH is 1. The molecule has 0 saturated carbocycles. The van der Waals surface area contributed by atoms with E-state index in [1.165, 1.54) is 17.0 Å². The van der Waals surface area contributed by atoms with Gasteiger partial charge in [0.25, 0.3) is 11.7 Å². The molecule has 5 rings (SSSR count). The first kappa shape index (κ1) is 21.6. The van der Waals surface area contributed by atoms with Gasteiger partial charge in [0.1, 0.15) is 24.7 Å². The van der Waals surface area contributed by atoms with E-state index in [0.29, 0.717) is 42.3 Å². The molecular weight excluding hydrogens is 434 g/mol. The number of aromatic hydroxyl groups is 1. The molecule has 2 aliphatic heterocycles. The average molecular weight is 457 g/mol. The zero-order chi connectivity index (χ0) is 23.7. The number of carbonyl (C=O) groups is 2. The topological polar surface area (TPSA) is 96.3 Å². The predicted molar refractivity (Wildman–Crippen MR) is 125 cm³/mol. The summed E-state index contributed by atoms with van der Waals surface area (Å²) in [6, 6.07) is 20.1. The highest BCUT2D eigenvalue weighted by molar-refractivity contribution is 6.46. The Kier molecular flexibility index (Phi) is 5.67. The number of ether oxygens (including phenoxy) is 2. The Bertz CT molecular complexity index is 1280. The molecule has 0 bridgehead atoms. The number of aliphatic hydroxyl groups is 1. The van der Waals surface area contributed by atoms with Crippen molar-refractivity contribution in [3.63, 3.8) is 0 Å². The van der Waals surface area contributed by atoms with Gasteiger partial charge in [-0.1, -0.05) is 42.5 Å². The summed E-state index contributed by atoms with van der Waals surface area (Å²) >= 11 is 0. The Hall–Kier alpha value is -4.26. The summed E-state index contributed by atoms with van der Waals surface area (Å²) in [4.78, 5) is 27.7. The van der Waals surface area contributed by atoms with Crippen molar-refractivity contribution in [3.05, 3.63) is 95.1 Å². The van der Waals surface area contributed by atoms with E-state index < -0.39 is 17.7 Å². The number of phenols is 1. The molecule has 0 spiro atoms. The van der Waals surface area contributed by atoms with E-state index in [-0.39, 0.29) is 23.6 Å². The first-order valence-electron chi connectivity index (χ1n) is 11.0. The smallest absolute Gasteiger partial charge is 0.295 e. The molecule has 1 amide bonds. The SMILES string of the molecule is O=C1C(=O)N(CCc2ccccc2)[C@H](c2cccc(O)c2)/C1=C(\O)c1ccc2c(c1)OCCO2. The lowest BCUT2D eigenvalue weighted by Gasteiger charge is -2.25. The standard InChI is InChI=1S/C27H23NO6/c29-20-8-4-7-18(15-20)24-23(25(30)19-9-10-21-22(16-19)34-14-13-33-21)26(31)27(32)28(24)12-11-17-5-2-1-3-6-17/h1-10,15-16,24,29-30H,11-14H2/b25-23+/t24-/m1/s1. The van der Waals surface area contributed by atoms with Gasteiger partial charge in [0.05, 0.1) is 11.6 Å². The van der Waals surface area contributed by atoms with Crippen LogP contribution in [0.1, 0.15) is 22.7 Å². The number of likely N-dealkylation sites (tertiary alicyclic amines) is 1. The van der Waals surface area contributed by atoms with Gasteiger partial charge in [0.2, 0.25) is 0 Å². The van der Waals surface area contributed by atoms with Gasteiger partial charge in [-0.15, -0.1) is 0 Å². The van der Waals surface area contributed by atoms with Gasteiger partial charge in [-0.25, -0.2) is 0 Å². The third-order valence-electron chi connectivity index (χ3n) is 6.03. The molecule has 0 unspecified atom stereocenters. The van der Waals surface area contributed by atoms with Crippen LogP contribution < -0.4 is 9.47 Å². The molecule has 34 heavy (non-hydrogen) atoms. The van der Waals surface area contributed by atoms with Crippen LogP contribution in [0.3, 0.4) is 0 Å². The molecule has 2 heterocycles. The number of phenolic OH excluding ortho intramolecular Hbond substituents is 1. The molecule has 3 aromatic rings. The second-order valence-electron chi connectivity index (χ2n) is 8.18. The van der Waals surface area contributed by atoms with E-state index in [1.807, 2.05) is 30.3 Å². The fraction of sp³-hybridized carbons (Fsp3) is 0.185. The van der Waals surface area contributed by atoms with Crippen LogP contribution in [0.15, 0.2) is 78.4 Å². The summed E-state index contributed by atoms with van der Waals surface area (Å²) in [5, 5.41) is 21.3. The van der Waals surface area contributed by atoms with Gasteiger partial charge in [-0.2, -0.15) is 0 Å². The first-order chi connectivity index (χ1) is 16.5. The molecule has 0 aromatic heterocycles. The van der Waals surface area contributed by atoms with Crippen molar-refractivity contribution in [2.24, 2.45) is 0 Å². The number of hydrogen-bond donors (Lipinski definition) is 2. The number of ketones is 1. The number of amides is 1. The third kappa shape index (κ3) is 3.96. The number of nitrogens with zero attached hydrogens (tertiary/aromatic N) is 1. The fourth-order valence-electron chi connectivity index (χ4n) is 4.39. The van der Waals surface area contributed by atoms with Crippen LogP contribution in [0.2, 0.25) is 0 Å². The highest BCUT2D eigenvalue weighted by atomic mass is 16.6. The third-order valence-corrected chi connectivity index (χ3v) is 6.03. The van der Waals surface area contributed by atoms with Crippen molar-refractivity contribution in [3.8, 4) is 17.2 Å². The largest absolute Gasteiger partial charge is 0.508 e. The Balaban J connectivity index is 1.58. The lowest BCUT2D eigenvalue weighted by Crippen LogP contribution is -2.31. The summed E-state index contributed by atoms with van der Waals surface area (Å²) in [6.07, 6.45) is 0.535. The minimum absolute atomic E-state index is 0.00507. The summed E-state index contributed by atoms with van der Waals surface area (Å²) in [6.45, 7) is 1.08. The van der Waals surface area contributed by atoms with Crippen LogP contribution >= 0.6 is 0 Å². The van der Waals surface area contributed by atoms with E-state index in [0.717, 1.165) is 5.56 Å². The quantitative estimate of drug-likeness (QED) is 0.344. The van der Waals surface area contributed by atoms with E-state index >= 15 is 0 Å². The van der Waals surface area contributed by atoms with Crippen molar-refractivity contribution >= 4 is 17.4 Å². The molecule has 0 aliphatic carbocycles. The lowest BCUT2D eigenvalue weighted by atomic mass is 9.95. The maximum atomic E-state index is 13.2. The van der Waals surface area contributed by atoms with E-state index in [4.69, 9.17) is 9.47 Å². The second kappa shape index (κ2) is 8.94. The van der Waals surface area contributed by atoms with Crippen LogP contribution in [0.4, 0.5) is 0 Å². The molecule has 3 aromatic carbocycles.